The van der Waals surface area contributed by atoms with Gasteiger partial charge in [-0.05, 0) is 25.0 Å². The van der Waals surface area contributed by atoms with Gasteiger partial charge in [-0.15, -0.1) is 22.0 Å². The van der Waals surface area contributed by atoms with E-state index in [2.05, 4.69) is 34.6 Å². The van der Waals surface area contributed by atoms with Gasteiger partial charge in [0.1, 0.15) is 12.2 Å². The lowest BCUT2D eigenvalue weighted by Gasteiger charge is -2.10. The van der Waals surface area contributed by atoms with Crippen LogP contribution in [-0.2, 0) is 24.2 Å². The van der Waals surface area contributed by atoms with Crippen LogP contribution in [0.25, 0.3) is 0 Å². The van der Waals surface area contributed by atoms with Gasteiger partial charge in [0.25, 0.3) is 0 Å². The monoisotopic (exact) mass is 302 g/mol. The zero-order chi connectivity index (χ0) is 14.7. The first kappa shape index (κ1) is 14.1. The van der Waals surface area contributed by atoms with E-state index < -0.39 is 0 Å². The number of nitrogens with one attached hydrogen (secondary N) is 1. The predicted octanol–water partition coefficient (Wildman–Crippen LogP) is 1.67. The van der Waals surface area contributed by atoms with Crippen molar-refractivity contribution in [2.45, 2.75) is 36.5 Å². The zero-order valence-corrected chi connectivity index (χ0v) is 12.8. The molecule has 0 fully saturated rings. The molecule has 1 aliphatic heterocycles. The van der Waals surface area contributed by atoms with E-state index >= 15 is 0 Å². The summed E-state index contributed by atoms with van der Waals surface area (Å²) in [4.78, 5) is 13.4. The highest BCUT2D eigenvalue weighted by Gasteiger charge is 2.27. The number of rotatable bonds is 5. The van der Waals surface area contributed by atoms with Gasteiger partial charge in [0.05, 0.1) is 5.25 Å². The average Bonchev–Trinajstić information content (AvgIpc) is 3.13. The molecule has 1 N–H and O–H groups in total. The summed E-state index contributed by atoms with van der Waals surface area (Å²) in [5.41, 5.74) is 1.27. The van der Waals surface area contributed by atoms with Gasteiger partial charge in [-0.2, -0.15) is 0 Å². The molecule has 0 unspecified atom stereocenters. The number of nitrogens with zero attached hydrogens (tertiary/aromatic N) is 3. The first-order chi connectivity index (χ1) is 10.3. The van der Waals surface area contributed by atoms with Crippen LogP contribution >= 0.6 is 11.8 Å². The van der Waals surface area contributed by atoms with Gasteiger partial charge in [0.2, 0.25) is 5.91 Å². The maximum atomic E-state index is 12.2. The van der Waals surface area contributed by atoms with E-state index in [1.165, 1.54) is 10.5 Å². The first-order valence-electron chi connectivity index (χ1n) is 7.17. The standard InChI is InChI=1S/C15H18N4OS/c1-2-19-10-17-18-14(19)7-8-16-15(20)13-9-11-5-3-4-6-12(11)21-13/h3-6,10,13H,2,7-9H2,1H3,(H,16,20)/t13-/m0/s1. The van der Waals surface area contributed by atoms with Crippen molar-refractivity contribution in [3.05, 3.63) is 42.0 Å². The fourth-order valence-electron chi connectivity index (χ4n) is 2.48. The van der Waals surface area contributed by atoms with Crippen molar-refractivity contribution in [3.63, 3.8) is 0 Å². The number of aromatic nitrogens is 3. The number of carbonyl (C=O) groups excluding carboxylic acids is 1. The van der Waals surface area contributed by atoms with Crippen LogP contribution in [0.1, 0.15) is 18.3 Å². The summed E-state index contributed by atoms with van der Waals surface area (Å²) < 4.78 is 1.99. The normalized spacial score (nSPS) is 16.7. The van der Waals surface area contributed by atoms with Crippen molar-refractivity contribution < 1.29 is 4.79 Å². The third-order valence-corrected chi connectivity index (χ3v) is 4.94. The largest absolute Gasteiger partial charge is 0.355 e. The molecule has 0 saturated carbocycles. The molecule has 2 aromatic rings. The summed E-state index contributed by atoms with van der Waals surface area (Å²) in [6.07, 6.45) is 3.25. The molecule has 1 amide bonds. The lowest BCUT2D eigenvalue weighted by atomic mass is 10.1. The second kappa shape index (κ2) is 6.30. The van der Waals surface area contributed by atoms with Crippen molar-refractivity contribution >= 4 is 17.7 Å². The summed E-state index contributed by atoms with van der Waals surface area (Å²) in [5.74, 6) is 1.03. The Hall–Kier alpha value is -1.82. The number of aryl methyl sites for hydroxylation is 1. The number of hydrogen-bond donors (Lipinski definition) is 1. The van der Waals surface area contributed by atoms with Gasteiger partial charge >= 0.3 is 0 Å². The molecule has 1 aromatic heterocycles. The Bertz CT molecular complexity index is 615. The van der Waals surface area contributed by atoms with E-state index in [4.69, 9.17) is 0 Å². The van der Waals surface area contributed by atoms with E-state index in [1.54, 1.807) is 18.1 Å². The van der Waals surface area contributed by atoms with Crippen LogP contribution in [0.5, 0.6) is 0 Å². The van der Waals surface area contributed by atoms with Gasteiger partial charge in [-0.1, -0.05) is 18.2 Å². The minimum atomic E-state index is -0.00792. The number of hydrogen-bond acceptors (Lipinski definition) is 4. The number of amides is 1. The fourth-order valence-corrected chi connectivity index (χ4v) is 3.70. The van der Waals surface area contributed by atoms with E-state index in [9.17, 15) is 4.79 Å². The number of carbonyl (C=O) groups is 1. The molecular formula is C15H18N4OS. The minimum Gasteiger partial charge on any atom is -0.355 e. The summed E-state index contributed by atoms with van der Waals surface area (Å²) in [7, 11) is 0. The maximum absolute atomic E-state index is 12.2. The first-order valence-corrected chi connectivity index (χ1v) is 8.05. The second-order valence-corrected chi connectivity index (χ2v) is 6.24. The Morgan fingerprint density at radius 1 is 1.48 bits per heavy atom. The molecule has 21 heavy (non-hydrogen) atoms. The molecule has 5 nitrogen and oxygen atoms in total. The van der Waals surface area contributed by atoms with Crippen molar-refractivity contribution in [1.29, 1.82) is 0 Å². The van der Waals surface area contributed by atoms with Crippen LogP contribution < -0.4 is 5.32 Å². The number of thioether (sulfide) groups is 1. The molecule has 1 aliphatic rings. The van der Waals surface area contributed by atoms with Gasteiger partial charge in [-0.25, -0.2) is 0 Å². The third kappa shape index (κ3) is 3.10. The Labute approximate surface area is 128 Å². The summed E-state index contributed by atoms with van der Waals surface area (Å²) >= 11 is 1.65. The van der Waals surface area contributed by atoms with Crippen LogP contribution in [0.4, 0.5) is 0 Å². The van der Waals surface area contributed by atoms with Gasteiger partial charge < -0.3 is 9.88 Å². The Morgan fingerprint density at radius 2 is 2.33 bits per heavy atom. The average molecular weight is 302 g/mol. The molecule has 0 radical (unpaired) electrons. The Kier molecular flexibility index (Phi) is 4.24. The van der Waals surface area contributed by atoms with Gasteiger partial charge in [0, 0.05) is 24.4 Å². The highest BCUT2D eigenvalue weighted by molar-refractivity contribution is 8.01. The van der Waals surface area contributed by atoms with Crippen molar-refractivity contribution in [1.82, 2.24) is 20.1 Å². The predicted molar refractivity (Wildman–Crippen MR) is 82.2 cm³/mol. The van der Waals surface area contributed by atoms with Crippen LogP contribution in [0, 0.1) is 0 Å². The number of benzene rings is 1. The molecule has 2 heterocycles. The van der Waals surface area contributed by atoms with Gasteiger partial charge in [-0.3, -0.25) is 4.79 Å². The zero-order valence-electron chi connectivity index (χ0n) is 12.0. The molecule has 0 saturated heterocycles. The highest BCUT2D eigenvalue weighted by atomic mass is 32.2. The number of fused-ring (bicyclic) bond motifs is 1. The lowest BCUT2D eigenvalue weighted by molar-refractivity contribution is -0.120. The molecule has 0 aliphatic carbocycles. The third-order valence-electron chi connectivity index (χ3n) is 3.62. The van der Waals surface area contributed by atoms with Crippen LogP contribution in [-0.4, -0.2) is 32.5 Å². The Balaban J connectivity index is 1.50. The molecule has 1 aromatic carbocycles. The highest BCUT2D eigenvalue weighted by Crippen LogP contribution is 2.36. The van der Waals surface area contributed by atoms with Crippen LogP contribution in [0.3, 0.4) is 0 Å². The summed E-state index contributed by atoms with van der Waals surface area (Å²) in [5, 5.41) is 11.0. The molecule has 0 spiro atoms. The molecule has 0 bridgehead atoms. The Morgan fingerprint density at radius 3 is 3.14 bits per heavy atom. The van der Waals surface area contributed by atoms with E-state index in [1.807, 2.05) is 16.7 Å². The second-order valence-electron chi connectivity index (χ2n) is 4.99. The fraction of sp³-hybridized carbons (Fsp3) is 0.400. The molecule has 3 rings (SSSR count). The van der Waals surface area contributed by atoms with Crippen LogP contribution in [0.2, 0.25) is 0 Å². The van der Waals surface area contributed by atoms with Gasteiger partial charge in [0.15, 0.2) is 0 Å². The molecule has 1 atom stereocenters. The lowest BCUT2D eigenvalue weighted by Crippen LogP contribution is -2.34. The van der Waals surface area contributed by atoms with Crippen LogP contribution in [0.15, 0.2) is 35.5 Å². The quantitative estimate of drug-likeness (QED) is 0.913. The molecule has 110 valence electrons. The van der Waals surface area contributed by atoms with E-state index in [-0.39, 0.29) is 11.2 Å². The topological polar surface area (TPSA) is 59.8 Å². The summed E-state index contributed by atoms with van der Waals surface area (Å²) in [6, 6.07) is 8.22. The van der Waals surface area contributed by atoms with Crippen molar-refractivity contribution in [2.24, 2.45) is 0 Å². The smallest absolute Gasteiger partial charge is 0.233 e. The molecule has 6 heteroatoms. The van der Waals surface area contributed by atoms with E-state index in [0.29, 0.717) is 13.0 Å². The maximum Gasteiger partial charge on any atom is 0.233 e. The summed E-state index contributed by atoms with van der Waals surface area (Å²) in [6.45, 7) is 3.51. The SMILES string of the molecule is CCn1cnnc1CCNC(=O)[C@@H]1Cc2ccccc2S1. The molecular weight excluding hydrogens is 284 g/mol. The van der Waals surface area contributed by atoms with Crippen molar-refractivity contribution in [2.75, 3.05) is 6.54 Å². The van der Waals surface area contributed by atoms with E-state index in [0.717, 1.165) is 18.8 Å². The van der Waals surface area contributed by atoms with Crippen molar-refractivity contribution in [3.8, 4) is 0 Å². The minimum absolute atomic E-state index is 0.00792.